The van der Waals surface area contributed by atoms with Crippen LogP contribution >= 0.6 is 0 Å². The zero-order chi connectivity index (χ0) is 33.4. The van der Waals surface area contributed by atoms with Crippen LogP contribution in [-0.4, -0.2) is 74.7 Å². The van der Waals surface area contributed by atoms with E-state index in [1.807, 2.05) is 0 Å². The van der Waals surface area contributed by atoms with Crippen LogP contribution in [0.5, 0.6) is 5.88 Å². The number of carboxylic acids is 1. The molecule has 246 valence electrons. The van der Waals surface area contributed by atoms with Gasteiger partial charge in [0.25, 0.3) is 0 Å². The number of carbonyl (C=O) groups is 1. The van der Waals surface area contributed by atoms with E-state index in [9.17, 15) is 31.5 Å². The van der Waals surface area contributed by atoms with Crippen LogP contribution in [0.1, 0.15) is 60.0 Å². The van der Waals surface area contributed by atoms with E-state index in [2.05, 4.69) is 20.2 Å². The second-order valence-electron chi connectivity index (χ2n) is 11.6. The number of hydrogen-bond acceptors (Lipinski definition) is 9. The third kappa shape index (κ3) is 6.28. The Morgan fingerprint density at radius 3 is 2.59 bits per heavy atom. The molecule has 1 N–H and O–H groups in total. The predicted molar refractivity (Wildman–Crippen MR) is 158 cm³/mol. The van der Waals surface area contributed by atoms with Gasteiger partial charge in [0.05, 0.1) is 12.0 Å². The van der Waals surface area contributed by atoms with Crippen LogP contribution in [0.15, 0.2) is 47.8 Å². The summed E-state index contributed by atoms with van der Waals surface area (Å²) < 4.78 is 81.9. The minimum Gasteiger partial charge on any atom is -0.481 e. The molecule has 46 heavy (non-hydrogen) atoms. The SMILES string of the molecule is Cc1cnc(C(c2ccn3c(C(F)(F)F)nnc3c2C)C(C)(C)C(=O)O)cc1CN1CCCOCCOc2ncccc2S1(=O)=O. The van der Waals surface area contributed by atoms with E-state index >= 15 is 0 Å². The van der Waals surface area contributed by atoms with Gasteiger partial charge in [0.15, 0.2) is 5.65 Å². The number of pyridine rings is 3. The summed E-state index contributed by atoms with van der Waals surface area (Å²) in [6.07, 6.45) is -0.219. The Bertz CT molecular complexity index is 1880. The molecule has 0 fully saturated rings. The van der Waals surface area contributed by atoms with Crippen molar-refractivity contribution in [3.63, 3.8) is 0 Å². The number of carboxylic acid groups (broad SMARTS) is 1. The van der Waals surface area contributed by atoms with Crippen molar-refractivity contribution in [3.05, 3.63) is 76.6 Å². The van der Waals surface area contributed by atoms with Crippen LogP contribution in [0.2, 0.25) is 0 Å². The number of fused-ring (bicyclic) bond motifs is 2. The lowest BCUT2D eigenvalue weighted by atomic mass is 9.71. The quantitative estimate of drug-likeness (QED) is 0.315. The van der Waals surface area contributed by atoms with Gasteiger partial charge >= 0.3 is 12.1 Å². The molecular weight excluding hydrogens is 629 g/mol. The Kier molecular flexibility index (Phi) is 9.07. The molecule has 1 unspecified atom stereocenters. The first-order chi connectivity index (χ1) is 21.6. The van der Waals surface area contributed by atoms with E-state index in [-0.39, 0.29) is 42.7 Å². The van der Waals surface area contributed by atoms with E-state index < -0.39 is 39.3 Å². The monoisotopic (exact) mass is 662 g/mol. The Hall–Kier alpha value is -4.15. The maximum absolute atomic E-state index is 14.0. The van der Waals surface area contributed by atoms with E-state index in [0.29, 0.717) is 41.0 Å². The normalized spacial score (nSPS) is 17.1. The molecule has 0 radical (unpaired) electrons. The molecule has 1 aliphatic heterocycles. The summed E-state index contributed by atoms with van der Waals surface area (Å²) in [6.45, 7) is 7.03. The van der Waals surface area contributed by atoms with Crippen molar-refractivity contribution in [1.82, 2.24) is 28.9 Å². The van der Waals surface area contributed by atoms with Gasteiger partial charge < -0.3 is 14.6 Å². The van der Waals surface area contributed by atoms with Crippen molar-refractivity contribution in [1.29, 1.82) is 0 Å². The molecule has 4 aromatic heterocycles. The number of aromatic nitrogens is 5. The van der Waals surface area contributed by atoms with Gasteiger partial charge in [0.1, 0.15) is 11.5 Å². The minimum atomic E-state index is -4.75. The summed E-state index contributed by atoms with van der Waals surface area (Å²) >= 11 is 0. The van der Waals surface area contributed by atoms with E-state index in [1.54, 1.807) is 19.9 Å². The Balaban J connectivity index is 1.61. The number of aliphatic carboxylic acids is 1. The standard InChI is InChI=1S/C30H33F3N6O6S/c1-18-16-35-22(15-20(18)17-38-10-6-12-44-13-14-45-26-23(46(38,42)43)7-5-9-34-26)24(29(3,4)28(40)41)21-8-11-39-25(19(21)2)36-37-27(39)30(31,32)33/h5,7-9,11,15-16,24H,6,10,12-14,17H2,1-4H3,(H,40,41). The molecule has 12 nitrogen and oxygen atoms in total. The largest absolute Gasteiger partial charge is 0.481 e. The van der Waals surface area contributed by atoms with Crippen LogP contribution < -0.4 is 4.74 Å². The Morgan fingerprint density at radius 1 is 1.11 bits per heavy atom. The molecule has 0 aliphatic carbocycles. The first-order valence-corrected chi connectivity index (χ1v) is 15.8. The second kappa shape index (κ2) is 12.6. The summed E-state index contributed by atoms with van der Waals surface area (Å²) in [5.74, 6) is -3.38. The fourth-order valence-electron chi connectivity index (χ4n) is 5.49. The first kappa shape index (κ1) is 33.2. The van der Waals surface area contributed by atoms with Gasteiger partial charge in [0, 0.05) is 49.9 Å². The van der Waals surface area contributed by atoms with Crippen LogP contribution in [0.3, 0.4) is 0 Å². The highest BCUT2D eigenvalue weighted by atomic mass is 32.2. The summed E-state index contributed by atoms with van der Waals surface area (Å²) in [5, 5.41) is 17.4. The molecule has 0 bridgehead atoms. The van der Waals surface area contributed by atoms with E-state index in [0.717, 1.165) is 10.6 Å². The minimum absolute atomic E-state index is 0.0403. The molecule has 4 aromatic rings. The fraction of sp³-hybridized carbons (Fsp3) is 0.433. The van der Waals surface area contributed by atoms with Crippen LogP contribution in [-0.2, 0) is 32.3 Å². The molecule has 0 spiro atoms. The Labute approximate surface area is 263 Å². The van der Waals surface area contributed by atoms with Gasteiger partial charge in [-0.1, -0.05) is 0 Å². The molecule has 5 heterocycles. The topological polar surface area (TPSA) is 149 Å². The maximum atomic E-state index is 14.0. The van der Waals surface area contributed by atoms with Gasteiger partial charge in [-0.25, -0.2) is 13.4 Å². The van der Waals surface area contributed by atoms with Crippen molar-refractivity contribution < 1.29 is 41.0 Å². The number of aryl methyl sites for hydroxylation is 2. The highest BCUT2D eigenvalue weighted by molar-refractivity contribution is 7.89. The maximum Gasteiger partial charge on any atom is 0.452 e. The van der Waals surface area contributed by atoms with Crippen LogP contribution in [0.25, 0.3) is 5.65 Å². The summed E-state index contributed by atoms with van der Waals surface area (Å²) in [5.41, 5.74) is 0.610. The van der Waals surface area contributed by atoms with Crippen molar-refractivity contribution >= 4 is 21.6 Å². The van der Waals surface area contributed by atoms with Crippen molar-refractivity contribution in [2.75, 3.05) is 26.4 Å². The Morgan fingerprint density at radius 2 is 1.87 bits per heavy atom. The zero-order valence-corrected chi connectivity index (χ0v) is 26.4. The van der Waals surface area contributed by atoms with Crippen molar-refractivity contribution in [3.8, 4) is 5.88 Å². The molecule has 0 aromatic carbocycles. The number of ether oxygens (including phenoxy) is 2. The van der Waals surface area contributed by atoms with Gasteiger partial charge in [-0.3, -0.25) is 14.2 Å². The van der Waals surface area contributed by atoms with E-state index in [4.69, 9.17) is 9.47 Å². The van der Waals surface area contributed by atoms with Crippen LogP contribution in [0.4, 0.5) is 13.2 Å². The predicted octanol–water partition coefficient (Wildman–Crippen LogP) is 4.39. The number of rotatable bonds is 6. The molecule has 16 heteroatoms. The number of hydrogen-bond donors (Lipinski definition) is 1. The van der Waals surface area contributed by atoms with Gasteiger partial charge in [-0.05, 0) is 80.6 Å². The van der Waals surface area contributed by atoms with Crippen LogP contribution in [0, 0.1) is 19.3 Å². The van der Waals surface area contributed by atoms with Gasteiger partial charge in [-0.2, -0.15) is 17.5 Å². The smallest absolute Gasteiger partial charge is 0.452 e. The summed E-state index contributed by atoms with van der Waals surface area (Å²) in [7, 11) is -4.12. The van der Waals surface area contributed by atoms with E-state index in [1.165, 1.54) is 48.7 Å². The molecule has 1 aliphatic rings. The summed E-state index contributed by atoms with van der Waals surface area (Å²) in [4.78, 5) is 21.2. The number of nitrogens with zero attached hydrogens (tertiary/aromatic N) is 6. The summed E-state index contributed by atoms with van der Waals surface area (Å²) in [6, 6.07) is 6.00. The molecule has 0 amide bonds. The third-order valence-electron chi connectivity index (χ3n) is 8.10. The van der Waals surface area contributed by atoms with Crippen molar-refractivity contribution in [2.24, 2.45) is 5.41 Å². The number of alkyl halides is 3. The average Bonchev–Trinajstić information content (AvgIpc) is 3.43. The zero-order valence-electron chi connectivity index (χ0n) is 25.6. The highest BCUT2D eigenvalue weighted by Crippen LogP contribution is 2.43. The number of halogens is 3. The molecule has 0 saturated heterocycles. The lowest BCUT2D eigenvalue weighted by Gasteiger charge is -2.32. The lowest BCUT2D eigenvalue weighted by molar-refractivity contribution is -0.147. The highest BCUT2D eigenvalue weighted by Gasteiger charge is 2.42. The van der Waals surface area contributed by atoms with Gasteiger partial charge in [-0.15, -0.1) is 10.2 Å². The third-order valence-corrected chi connectivity index (χ3v) is 9.96. The molecule has 1 atom stereocenters. The average molecular weight is 663 g/mol. The molecule has 5 rings (SSSR count). The second-order valence-corrected chi connectivity index (χ2v) is 13.5. The van der Waals surface area contributed by atoms with Gasteiger partial charge in [0.2, 0.25) is 21.7 Å². The number of sulfonamides is 1. The van der Waals surface area contributed by atoms with Crippen molar-refractivity contribution in [2.45, 2.75) is 57.7 Å². The molecular formula is C30H33F3N6O6S. The lowest BCUT2D eigenvalue weighted by Crippen LogP contribution is -2.34. The molecule has 0 saturated carbocycles. The fourth-order valence-corrected chi connectivity index (χ4v) is 7.03. The first-order valence-electron chi connectivity index (χ1n) is 14.4.